The van der Waals surface area contributed by atoms with Gasteiger partial charge in [0.15, 0.2) is 11.0 Å². The van der Waals surface area contributed by atoms with E-state index >= 15 is 0 Å². The third-order valence-electron chi connectivity index (χ3n) is 5.79. The lowest BCUT2D eigenvalue weighted by Gasteiger charge is -2.25. The maximum Gasteiger partial charge on any atom is 0.250 e. The van der Waals surface area contributed by atoms with Crippen LogP contribution in [0.4, 0.5) is 0 Å². The second-order valence-corrected chi connectivity index (χ2v) is 9.16. The molecule has 6 nitrogen and oxygen atoms in total. The van der Waals surface area contributed by atoms with Gasteiger partial charge in [-0.2, -0.15) is 5.10 Å². The molecule has 1 saturated carbocycles. The van der Waals surface area contributed by atoms with E-state index in [9.17, 15) is 4.79 Å². The zero-order valence-corrected chi connectivity index (χ0v) is 19.4. The number of carbonyl (C=O) groups excluding carboxylic acids is 1. The van der Waals surface area contributed by atoms with Crippen molar-refractivity contribution in [3.63, 3.8) is 0 Å². The number of amides is 1. The van der Waals surface area contributed by atoms with E-state index in [1.165, 1.54) is 36.6 Å². The maximum absolute atomic E-state index is 12.5. The van der Waals surface area contributed by atoms with E-state index in [0.717, 1.165) is 40.7 Å². The van der Waals surface area contributed by atoms with Gasteiger partial charge in [0.1, 0.15) is 0 Å². The summed E-state index contributed by atoms with van der Waals surface area (Å²) < 4.78 is 2.25. The zero-order chi connectivity index (χ0) is 22.3. The summed E-state index contributed by atoms with van der Waals surface area (Å²) in [6.45, 7) is 3.97. The standard InChI is InChI=1S/C25H29N5OS/c1-18-13-15-21(16-14-18)24-28-29-25(30(24)22-11-7-4-8-12-22)32-17-23(31)27-26-19(2)20-9-5-3-6-10-20/h3,5-6,9-10,13-16,22H,4,7-8,11-12,17H2,1-2H3,(H,27,31). The lowest BCUT2D eigenvalue weighted by atomic mass is 9.95. The Balaban J connectivity index is 1.48. The largest absolute Gasteiger partial charge is 0.299 e. The third kappa shape index (κ3) is 5.46. The number of thioether (sulfide) groups is 1. The van der Waals surface area contributed by atoms with Gasteiger partial charge in [-0.1, -0.05) is 91.2 Å². The molecule has 1 amide bonds. The molecule has 2 aromatic carbocycles. The highest BCUT2D eigenvalue weighted by atomic mass is 32.2. The van der Waals surface area contributed by atoms with Crippen molar-refractivity contribution < 1.29 is 4.79 Å². The first-order valence-corrected chi connectivity index (χ1v) is 12.1. The van der Waals surface area contributed by atoms with Gasteiger partial charge in [-0.3, -0.25) is 9.36 Å². The van der Waals surface area contributed by atoms with Crippen molar-refractivity contribution in [1.29, 1.82) is 0 Å². The van der Waals surface area contributed by atoms with Crippen molar-refractivity contribution in [2.75, 3.05) is 5.75 Å². The summed E-state index contributed by atoms with van der Waals surface area (Å²) in [7, 11) is 0. The molecule has 0 spiro atoms. The Morgan fingerprint density at radius 1 is 1.06 bits per heavy atom. The van der Waals surface area contributed by atoms with Gasteiger partial charge in [-0.25, -0.2) is 5.43 Å². The van der Waals surface area contributed by atoms with Crippen molar-refractivity contribution >= 4 is 23.4 Å². The molecular formula is C25H29N5OS. The number of hydrogen-bond acceptors (Lipinski definition) is 5. The summed E-state index contributed by atoms with van der Waals surface area (Å²) in [5.41, 5.74) is 6.71. The maximum atomic E-state index is 12.5. The smallest absolute Gasteiger partial charge is 0.250 e. The molecule has 1 aliphatic rings. The van der Waals surface area contributed by atoms with Crippen LogP contribution in [0.5, 0.6) is 0 Å². The van der Waals surface area contributed by atoms with E-state index in [2.05, 4.69) is 56.5 Å². The Morgan fingerprint density at radius 3 is 2.50 bits per heavy atom. The van der Waals surface area contributed by atoms with Gasteiger partial charge >= 0.3 is 0 Å². The minimum Gasteiger partial charge on any atom is -0.299 e. The molecule has 0 unspecified atom stereocenters. The van der Waals surface area contributed by atoms with Gasteiger partial charge in [0.25, 0.3) is 5.91 Å². The molecule has 1 aliphatic carbocycles. The van der Waals surface area contributed by atoms with Gasteiger partial charge in [-0.05, 0) is 32.3 Å². The van der Waals surface area contributed by atoms with Crippen LogP contribution in [0.25, 0.3) is 11.4 Å². The molecule has 0 saturated heterocycles. The van der Waals surface area contributed by atoms with E-state index in [4.69, 9.17) is 0 Å². The quantitative estimate of drug-likeness (QED) is 0.299. The van der Waals surface area contributed by atoms with E-state index in [1.807, 2.05) is 37.3 Å². The molecule has 7 heteroatoms. The SMILES string of the molecule is CC(=NNC(=O)CSc1nnc(-c2ccc(C)cc2)n1C1CCCCC1)c1ccccc1. The molecule has 1 N–H and O–H groups in total. The predicted molar refractivity (Wildman–Crippen MR) is 130 cm³/mol. The number of nitrogens with one attached hydrogen (secondary N) is 1. The molecule has 32 heavy (non-hydrogen) atoms. The summed E-state index contributed by atoms with van der Waals surface area (Å²) in [5, 5.41) is 14.0. The second-order valence-electron chi connectivity index (χ2n) is 8.22. The molecular weight excluding hydrogens is 418 g/mol. The van der Waals surface area contributed by atoms with Crippen molar-refractivity contribution in [3.8, 4) is 11.4 Å². The van der Waals surface area contributed by atoms with Crippen LogP contribution >= 0.6 is 11.8 Å². The Labute approximate surface area is 193 Å². The summed E-state index contributed by atoms with van der Waals surface area (Å²) >= 11 is 1.42. The first-order chi connectivity index (χ1) is 15.6. The fourth-order valence-corrected chi connectivity index (χ4v) is 4.79. The number of hydrogen-bond donors (Lipinski definition) is 1. The molecule has 4 rings (SSSR count). The monoisotopic (exact) mass is 447 g/mol. The van der Waals surface area contributed by atoms with Gasteiger partial charge in [-0.15, -0.1) is 10.2 Å². The highest BCUT2D eigenvalue weighted by molar-refractivity contribution is 7.99. The number of aryl methyl sites for hydroxylation is 1. The van der Waals surface area contributed by atoms with Crippen molar-refractivity contribution in [2.45, 2.75) is 57.1 Å². The van der Waals surface area contributed by atoms with E-state index in [0.29, 0.717) is 6.04 Å². The Morgan fingerprint density at radius 2 is 1.78 bits per heavy atom. The number of aromatic nitrogens is 3. The van der Waals surface area contributed by atoms with Crippen LogP contribution in [0.3, 0.4) is 0 Å². The normalized spacial score (nSPS) is 15.0. The first kappa shape index (κ1) is 22.3. The van der Waals surface area contributed by atoms with Crippen LogP contribution < -0.4 is 5.43 Å². The number of rotatable bonds is 7. The first-order valence-electron chi connectivity index (χ1n) is 11.1. The van der Waals surface area contributed by atoms with Crippen LogP contribution in [0.15, 0.2) is 64.9 Å². The number of benzene rings is 2. The van der Waals surface area contributed by atoms with Crippen LogP contribution in [0.1, 0.15) is 56.2 Å². The van der Waals surface area contributed by atoms with Crippen molar-refractivity contribution in [2.24, 2.45) is 5.10 Å². The second kappa shape index (κ2) is 10.6. The van der Waals surface area contributed by atoms with E-state index in [1.54, 1.807) is 0 Å². The summed E-state index contributed by atoms with van der Waals surface area (Å²) in [6.07, 6.45) is 5.96. The summed E-state index contributed by atoms with van der Waals surface area (Å²) in [4.78, 5) is 12.5. The molecule has 166 valence electrons. The Kier molecular flexibility index (Phi) is 7.37. The van der Waals surface area contributed by atoms with Crippen LogP contribution in [-0.4, -0.2) is 32.1 Å². The lowest BCUT2D eigenvalue weighted by Crippen LogP contribution is -2.22. The molecule has 1 aromatic heterocycles. The molecule has 1 heterocycles. The number of carbonyl (C=O) groups is 1. The molecule has 1 fully saturated rings. The zero-order valence-electron chi connectivity index (χ0n) is 18.6. The van der Waals surface area contributed by atoms with Crippen LogP contribution in [0.2, 0.25) is 0 Å². The number of hydrazone groups is 1. The molecule has 0 radical (unpaired) electrons. The van der Waals surface area contributed by atoms with Crippen LogP contribution in [0, 0.1) is 6.92 Å². The van der Waals surface area contributed by atoms with Gasteiger partial charge in [0.05, 0.1) is 11.5 Å². The third-order valence-corrected chi connectivity index (χ3v) is 6.73. The Hall–Kier alpha value is -2.93. The minimum atomic E-state index is -0.152. The average molecular weight is 448 g/mol. The van der Waals surface area contributed by atoms with Crippen LogP contribution in [-0.2, 0) is 4.79 Å². The molecule has 3 aromatic rings. The average Bonchev–Trinajstić information content (AvgIpc) is 3.26. The molecule has 0 bridgehead atoms. The topological polar surface area (TPSA) is 72.2 Å². The number of nitrogens with zero attached hydrogens (tertiary/aromatic N) is 4. The highest BCUT2D eigenvalue weighted by Crippen LogP contribution is 2.35. The minimum absolute atomic E-state index is 0.152. The predicted octanol–water partition coefficient (Wildman–Crippen LogP) is 5.39. The van der Waals surface area contributed by atoms with Gasteiger partial charge in [0, 0.05) is 11.6 Å². The van der Waals surface area contributed by atoms with Gasteiger partial charge < -0.3 is 0 Å². The van der Waals surface area contributed by atoms with Gasteiger partial charge in [0.2, 0.25) is 0 Å². The lowest BCUT2D eigenvalue weighted by molar-refractivity contribution is -0.118. The summed E-state index contributed by atoms with van der Waals surface area (Å²) in [6, 6.07) is 18.6. The van der Waals surface area contributed by atoms with Crippen molar-refractivity contribution in [3.05, 3.63) is 65.7 Å². The fraction of sp³-hybridized carbons (Fsp3) is 0.360. The highest BCUT2D eigenvalue weighted by Gasteiger charge is 2.24. The molecule has 0 atom stereocenters. The molecule has 0 aliphatic heterocycles. The van der Waals surface area contributed by atoms with E-state index < -0.39 is 0 Å². The van der Waals surface area contributed by atoms with Crippen molar-refractivity contribution in [1.82, 2.24) is 20.2 Å². The fourth-order valence-electron chi connectivity index (χ4n) is 4.00. The Bertz CT molecular complexity index is 1070. The van der Waals surface area contributed by atoms with E-state index in [-0.39, 0.29) is 11.7 Å². The summed E-state index contributed by atoms with van der Waals surface area (Å²) in [5.74, 6) is 0.975.